The Bertz CT molecular complexity index is 698. The van der Waals surface area contributed by atoms with Crippen LogP contribution in [0, 0.1) is 5.92 Å². The average molecular weight is 394 g/mol. The SMILES string of the molecule is CC(C)CN1C(=O)N(CCCO)C(=O)C12CCN(C(=O)c1cscn1)CC2. The van der Waals surface area contributed by atoms with Crippen molar-refractivity contribution in [3.8, 4) is 0 Å². The van der Waals surface area contributed by atoms with Gasteiger partial charge in [0.25, 0.3) is 11.8 Å². The molecule has 1 aromatic rings. The van der Waals surface area contributed by atoms with Crippen LogP contribution >= 0.6 is 11.3 Å². The predicted octanol–water partition coefficient (Wildman–Crippen LogP) is 1.42. The summed E-state index contributed by atoms with van der Waals surface area (Å²) in [6, 6.07) is -0.276. The third-order valence-electron chi connectivity index (χ3n) is 5.24. The molecule has 2 fully saturated rings. The smallest absolute Gasteiger partial charge is 0.327 e. The molecule has 0 radical (unpaired) electrons. The highest BCUT2D eigenvalue weighted by Gasteiger charge is 2.58. The van der Waals surface area contributed by atoms with Crippen molar-refractivity contribution >= 4 is 29.2 Å². The van der Waals surface area contributed by atoms with Gasteiger partial charge >= 0.3 is 6.03 Å². The molecule has 0 bridgehead atoms. The number of rotatable bonds is 6. The molecular weight excluding hydrogens is 368 g/mol. The molecule has 8 nitrogen and oxygen atoms in total. The van der Waals surface area contributed by atoms with E-state index in [-0.39, 0.29) is 36.9 Å². The molecule has 2 saturated heterocycles. The zero-order chi connectivity index (χ0) is 19.6. The van der Waals surface area contributed by atoms with Crippen LogP contribution in [0.3, 0.4) is 0 Å². The summed E-state index contributed by atoms with van der Waals surface area (Å²) in [5, 5.41) is 10.8. The monoisotopic (exact) mass is 394 g/mol. The van der Waals surface area contributed by atoms with Gasteiger partial charge in [0, 0.05) is 38.2 Å². The largest absolute Gasteiger partial charge is 0.396 e. The van der Waals surface area contributed by atoms with Crippen molar-refractivity contribution < 1.29 is 19.5 Å². The lowest BCUT2D eigenvalue weighted by atomic mass is 9.85. The zero-order valence-electron chi connectivity index (χ0n) is 15.8. The minimum Gasteiger partial charge on any atom is -0.396 e. The number of aromatic nitrogens is 1. The fourth-order valence-electron chi connectivity index (χ4n) is 3.87. The highest BCUT2D eigenvalue weighted by atomic mass is 32.1. The fourth-order valence-corrected chi connectivity index (χ4v) is 4.40. The molecule has 1 spiro atoms. The van der Waals surface area contributed by atoms with Crippen molar-refractivity contribution in [1.82, 2.24) is 19.7 Å². The van der Waals surface area contributed by atoms with Crippen LogP contribution in [0.2, 0.25) is 0 Å². The van der Waals surface area contributed by atoms with E-state index in [0.717, 1.165) is 0 Å². The van der Waals surface area contributed by atoms with Gasteiger partial charge < -0.3 is 14.9 Å². The third-order valence-corrected chi connectivity index (χ3v) is 5.83. The summed E-state index contributed by atoms with van der Waals surface area (Å²) in [5.74, 6) is -0.0936. The van der Waals surface area contributed by atoms with Crippen LogP contribution < -0.4 is 0 Å². The maximum absolute atomic E-state index is 13.2. The first-order chi connectivity index (χ1) is 12.9. The van der Waals surface area contributed by atoms with Crippen LogP contribution in [0.25, 0.3) is 0 Å². The van der Waals surface area contributed by atoms with Crippen LogP contribution in [-0.2, 0) is 4.79 Å². The van der Waals surface area contributed by atoms with Crippen molar-refractivity contribution in [2.45, 2.75) is 38.6 Å². The summed E-state index contributed by atoms with van der Waals surface area (Å²) in [6.07, 6.45) is 1.23. The minimum absolute atomic E-state index is 0.0653. The number of imide groups is 1. The molecule has 0 aliphatic carbocycles. The number of aliphatic hydroxyl groups excluding tert-OH is 1. The standard InChI is InChI=1S/C18H26N4O4S/c1-13(2)10-22-17(26)21(6-3-9-23)16(25)18(22)4-7-20(8-5-18)15(24)14-11-27-12-19-14/h11-13,23H,3-10H2,1-2H3. The van der Waals surface area contributed by atoms with E-state index in [1.165, 1.54) is 16.2 Å². The van der Waals surface area contributed by atoms with Gasteiger partial charge in [-0.15, -0.1) is 11.3 Å². The summed E-state index contributed by atoms with van der Waals surface area (Å²) in [6.45, 7) is 5.53. The molecule has 4 amide bonds. The average Bonchev–Trinajstić information content (AvgIpc) is 3.25. The van der Waals surface area contributed by atoms with Crippen molar-refractivity contribution in [3.05, 3.63) is 16.6 Å². The fraction of sp³-hybridized carbons (Fsp3) is 0.667. The maximum atomic E-state index is 13.2. The summed E-state index contributed by atoms with van der Waals surface area (Å²) >= 11 is 1.37. The summed E-state index contributed by atoms with van der Waals surface area (Å²) in [5.41, 5.74) is 1.17. The van der Waals surface area contributed by atoms with Crippen molar-refractivity contribution in [3.63, 3.8) is 0 Å². The third kappa shape index (κ3) is 3.58. The number of aliphatic hydroxyl groups is 1. The number of carbonyl (C=O) groups is 3. The molecule has 0 aromatic carbocycles. The summed E-state index contributed by atoms with van der Waals surface area (Å²) < 4.78 is 0. The van der Waals surface area contributed by atoms with Gasteiger partial charge in [0.15, 0.2) is 0 Å². The Labute approximate surface area is 162 Å². The first kappa shape index (κ1) is 19.8. The number of piperidine rings is 1. The summed E-state index contributed by atoms with van der Waals surface area (Å²) in [7, 11) is 0. The molecule has 9 heteroatoms. The molecule has 3 rings (SSSR count). The summed E-state index contributed by atoms with van der Waals surface area (Å²) in [4.78, 5) is 47.4. The van der Waals surface area contributed by atoms with Gasteiger partial charge in [-0.3, -0.25) is 14.5 Å². The van der Waals surface area contributed by atoms with E-state index in [1.807, 2.05) is 13.8 Å². The number of likely N-dealkylation sites (tertiary alicyclic amines) is 1. The number of hydrogen-bond acceptors (Lipinski definition) is 6. The van der Waals surface area contributed by atoms with E-state index in [1.54, 1.807) is 20.7 Å². The molecule has 0 unspecified atom stereocenters. The first-order valence-corrected chi connectivity index (χ1v) is 10.3. The Kier molecular flexibility index (Phi) is 5.81. The van der Waals surface area contributed by atoms with E-state index in [2.05, 4.69) is 4.98 Å². The van der Waals surface area contributed by atoms with E-state index in [0.29, 0.717) is 44.6 Å². The molecule has 148 valence electrons. The highest BCUT2D eigenvalue weighted by molar-refractivity contribution is 7.07. The molecule has 2 aliphatic rings. The molecule has 0 saturated carbocycles. The van der Waals surface area contributed by atoms with E-state index >= 15 is 0 Å². The van der Waals surface area contributed by atoms with Crippen LogP contribution in [0.4, 0.5) is 4.79 Å². The quantitative estimate of drug-likeness (QED) is 0.737. The van der Waals surface area contributed by atoms with Gasteiger partial charge in [0.05, 0.1) is 5.51 Å². The van der Waals surface area contributed by atoms with Gasteiger partial charge in [-0.2, -0.15) is 0 Å². The van der Waals surface area contributed by atoms with Crippen LogP contribution in [0.1, 0.15) is 43.6 Å². The van der Waals surface area contributed by atoms with Crippen LogP contribution in [-0.4, -0.2) is 81.0 Å². The molecule has 1 N–H and O–H groups in total. The Morgan fingerprint density at radius 1 is 1.33 bits per heavy atom. The number of nitrogens with zero attached hydrogens (tertiary/aromatic N) is 4. The molecule has 1 aromatic heterocycles. The van der Waals surface area contributed by atoms with Gasteiger partial charge in [-0.05, 0) is 25.2 Å². The van der Waals surface area contributed by atoms with Gasteiger partial charge in [-0.25, -0.2) is 9.78 Å². The lowest BCUT2D eigenvalue weighted by Crippen LogP contribution is -2.58. The van der Waals surface area contributed by atoms with E-state index in [9.17, 15) is 14.4 Å². The van der Waals surface area contributed by atoms with Crippen molar-refractivity contribution in [2.75, 3.05) is 32.8 Å². The second-order valence-electron chi connectivity index (χ2n) is 7.52. The Hall–Kier alpha value is -2.00. The second-order valence-corrected chi connectivity index (χ2v) is 8.24. The topological polar surface area (TPSA) is 94.0 Å². The van der Waals surface area contributed by atoms with Crippen molar-refractivity contribution in [2.24, 2.45) is 5.92 Å². The molecule has 3 heterocycles. The molecule has 0 atom stereocenters. The van der Waals surface area contributed by atoms with Gasteiger partial charge in [-0.1, -0.05) is 13.8 Å². The van der Waals surface area contributed by atoms with Crippen LogP contribution in [0.15, 0.2) is 10.9 Å². The Morgan fingerprint density at radius 2 is 2.04 bits per heavy atom. The number of urea groups is 1. The Balaban J connectivity index is 1.78. The van der Waals surface area contributed by atoms with Crippen LogP contribution in [0.5, 0.6) is 0 Å². The Morgan fingerprint density at radius 3 is 2.59 bits per heavy atom. The first-order valence-electron chi connectivity index (χ1n) is 9.32. The number of carbonyl (C=O) groups excluding carboxylic acids is 3. The molecular formula is C18H26N4O4S. The molecule has 27 heavy (non-hydrogen) atoms. The lowest BCUT2D eigenvalue weighted by Gasteiger charge is -2.42. The second kappa shape index (κ2) is 7.93. The maximum Gasteiger partial charge on any atom is 0.327 e. The predicted molar refractivity (Wildman–Crippen MR) is 100 cm³/mol. The highest BCUT2D eigenvalue weighted by Crippen LogP contribution is 2.38. The van der Waals surface area contributed by atoms with E-state index in [4.69, 9.17) is 5.11 Å². The van der Waals surface area contributed by atoms with E-state index < -0.39 is 5.54 Å². The lowest BCUT2D eigenvalue weighted by molar-refractivity contribution is -0.135. The van der Waals surface area contributed by atoms with Gasteiger partial charge in [0.2, 0.25) is 0 Å². The zero-order valence-corrected chi connectivity index (χ0v) is 16.6. The number of amides is 4. The van der Waals surface area contributed by atoms with Gasteiger partial charge in [0.1, 0.15) is 11.2 Å². The van der Waals surface area contributed by atoms with Crippen molar-refractivity contribution in [1.29, 1.82) is 0 Å². The number of hydrogen-bond donors (Lipinski definition) is 1. The number of thiazole rings is 1. The normalized spacial score (nSPS) is 19.6. The molecule has 2 aliphatic heterocycles. The minimum atomic E-state index is -0.879.